The van der Waals surface area contributed by atoms with Gasteiger partial charge in [-0.25, -0.2) is 0 Å². The molecule has 1 saturated heterocycles. The van der Waals surface area contributed by atoms with Gasteiger partial charge in [0, 0.05) is 18.1 Å². The van der Waals surface area contributed by atoms with Gasteiger partial charge in [-0.2, -0.15) is 0 Å². The molecule has 0 bridgehead atoms. The van der Waals surface area contributed by atoms with Crippen molar-refractivity contribution >= 4 is 0 Å². The summed E-state index contributed by atoms with van der Waals surface area (Å²) in [6, 6.07) is 0. The molecule has 0 aromatic heterocycles. The van der Waals surface area contributed by atoms with E-state index in [2.05, 4.69) is 0 Å². The molecule has 2 fully saturated rings. The Hall–Kier alpha value is -0.120. The van der Waals surface area contributed by atoms with Gasteiger partial charge in [-0.1, -0.05) is 12.8 Å². The fraction of sp³-hybridized carbons (Fsp3) is 1.00. The van der Waals surface area contributed by atoms with E-state index in [9.17, 15) is 5.11 Å². The molecule has 14 heavy (non-hydrogen) atoms. The molecule has 3 heteroatoms. The molecule has 0 amide bonds. The van der Waals surface area contributed by atoms with Gasteiger partial charge in [0.15, 0.2) is 0 Å². The van der Waals surface area contributed by atoms with Gasteiger partial charge in [0.2, 0.25) is 0 Å². The lowest BCUT2D eigenvalue weighted by molar-refractivity contribution is -0.00527. The lowest BCUT2D eigenvalue weighted by atomic mass is 9.70. The predicted octanol–water partition coefficient (Wildman–Crippen LogP) is 1.04. The predicted molar refractivity (Wildman–Crippen MR) is 54.9 cm³/mol. The molecule has 4 unspecified atom stereocenters. The first-order valence-corrected chi connectivity index (χ1v) is 5.73. The van der Waals surface area contributed by atoms with Crippen LogP contribution in [0.15, 0.2) is 0 Å². The van der Waals surface area contributed by atoms with Gasteiger partial charge in [-0.3, -0.25) is 0 Å². The van der Waals surface area contributed by atoms with Crippen LogP contribution in [0.25, 0.3) is 0 Å². The Morgan fingerprint density at radius 3 is 2.64 bits per heavy atom. The summed E-state index contributed by atoms with van der Waals surface area (Å²) < 4.78 is 5.53. The van der Waals surface area contributed by atoms with E-state index in [1.54, 1.807) is 0 Å². The molecule has 2 aliphatic rings. The third kappa shape index (κ3) is 1.58. The van der Waals surface area contributed by atoms with E-state index in [-0.39, 0.29) is 23.7 Å². The first kappa shape index (κ1) is 10.4. The van der Waals surface area contributed by atoms with Gasteiger partial charge in [0.1, 0.15) is 0 Å². The van der Waals surface area contributed by atoms with Crippen LogP contribution < -0.4 is 5.73 Å². The smallest absolute Gasteiger partial charge is 0.0730 e. The number of hydrogen-bond donors (Lipinski definition) is 2. The monoisotopic (exact) mass is 199 g/mol. The summed E-state index contributed by atoms with van der Waals surface area (Å²) in [6.07, 6.45) is 5.10. The molecular weight excluding hydrogens is 178 g/mol. The molecule has 4 atom stereocenters. The van der Waals surface area contributed by atoms with Crippen molar-refractivity contribution in [2.75, 3.05) is 6.61 Å². The Morgan fingerprint density at radius 1 is 1.36 bits per heavy atom. The van der Waals surface area contributed by atoms with Gasteiger partial charge in [0.25, 0.3) is 0 Å². The van der Waals surface area contributed by atoms with E-state index in [1.165, 1.54) is 6.42 Å². The molecule has 1 saturated carbocycles. The van der Waals surface area contributed by atoms with Crippen molar-refractivity contribution in [2.45, 2.75) is 56.8 Å². The highest BCUT2D eigenvalue weighted by Crippen LogP contribution is 2.39. The fourth-order valence-corrected chi connectivity index (χ4v) is 3.00. The van der Waals surface area contributed by atoms with Crippen LogP contribution in [-0.4, -0.2) is 29.5 Å². The minimum Gasteiger partial charge on any atom is -0.393 e. The summed E-state index contributed by atoms with van der Waals surface area (Å²) in [6.45, 7) is 2.79. The Labute approximate surface area is 85.6 Å². The van der Waals surface area contributed by atoms with E-state index in [4.69, 9.17) is 10.5 Å². The fourth-order valence-electron chi connectivity index (χ4n) is 3.00. The molecule has 3 nitrogen and oxygen atoms in total. The second kappa shape index (κ2) is 3.80. The quantitative estimate of drug-likeness (QED) is 0.663. The van der Waals surface area contributed by atoms with Crippen LogP contribution >= 0.6 is 0 Å². The molecule has 2 rings (SSSR count). The van der Waals surface area contributed by atoms with Crippen molar-refractivity contribution in [3.8, 4) is 0 Å². The standard InChI is InChI=1S/C11H21NO2/c1-8-11(12,6-7-14-8)9-4-2-3-5-10(9)13/h8-10,13H,2-7,12H2,1H3. The largest absolute Gasteiger partial charge is 0.393 e. The Balaban J connectivity index is 2.11. The van der Waals surface area contributed by atoms with Crippen molar-refractivity contribution in [1.82, 2.24) is 0 Å². The number of aliphatic hydroxyl groups is 1. The SMILES string of the molecule is CC1OCCC1(N)C1CCCCC1O. The minimum atomic E-state index is -0.278. The lowest BCUT2D eigenvalue weighted by Gasteiger charge is -2.41. The second-order valence-electron chi connectivity index (χ2n) is 4.83. The Kier molecular flexibility index (Phi) is 2.82. The summed E-state index contributed by atoms with van der Waals surface area (Å²) in [5.41, 5.74) is 6.10. The first-order chi connectivity index (χ1) is 6.64. The average molecular weight is 199 g/mol. The van der Waals surface area contributed by atoms with Gasteiger partial charge < -0.3 is 15.6 Å². The van der Waals surface area contributed by atoms with Crippen LogP contribution in [-0.2, 0) is 4.74 Å². The van der Waals surface area contributed by atoms with E-state index in [0.29, 0.717) is 0 Å². The van der Waals surface area contributed by atoms with Gasteiger partial charge in [-0.15, -0.1) is 0 Å². The molecule has 3 N–H and O–H groups in total. The summed E-state index contributed by atoms with van der Waals surface area (Å²) in [5, 5.41) is 9.98. The topological polar surface area (TPSA) is 55.5 Å². The van der Waals surface area contributed by atoms with Crippen molar-refractivity contribution < 1.29 is 9.84 Å². The van der Waals surface area contributed by atoms with Crippen molar-refractivity contribution in [3.63, 3.8) is 0 Å². The highest BCUT2D eigenvalue weighted by molar-refractivity contribution is 5.03. The zero-order valence-electron chi connectivity index (χ0n) is 8.91. The summed E-state index contributed by atoms with van der Waals surface area (Å²) in [7, 11) is 0. The van der Waals surface area contributed by atoms with Crippen LogP contribution in [0.3, 0.4) is 0 Å². The second-order valence-corrected chi connectivity index (χ2v) is 4.83. The van der Waals surface area contributed by atoms with Crippen LogP contribution in [0, 0.1) is 5.92 Å². The molecule has 0 aromatic rings. The van der Waals surface area contributed by atoms with Gasteiger partial charge in [0.05, 0.1) is 12.2 Å². The highest BCUT2D eigenvalue weighted by atomic mass is 16.5. The van der Waals surface area contributed by atoms with Crippen molar-refractivity contribution in [2.24, 2.45) is 11.7 Å². The van der Waals surface area contributed by atoms with E-state index < -0.39 is 0 Å². The van der Waals surface area contributed by atoms with Crippen LogP contribution in [0.5, 0.6) is 0 Å². The summed E-state index contributed by atoms with van der Waals surface area (Å²) >= 11 is 0. The molecule has 1 aliphatic heterocycles. The normalized spacial score (nSPS) is 49.5. The Morgan fingerprint density at radius 2 is 2.07 bits per heavy atom. The molecule has 0 radical (unpaired) electrons. The molecule has 82 valence electrons. The van der Waals surface area contributed by atoms with Gasteiger partial charge >= 0.3 is 0 Å². The van der Waals surface area contributed by atoms with E-state index in [1.807, 2.05) is 6.92 Å². The number of hydrogen-bond acceptors (Lipinski definition) is 3. The zero-order chi connectivity index (χ0) is 10.2. The maximum Gasteiger partial charge on any atom is 0.0730 e. The van der Waals surface area contributed by atoms with Crippen LogP contribution in [0.1, 0.15) is 39.0 Å². The molecule has 0 spiro atoms. The first-order valence-electron chi connectivity index (χ1n) is 5.73. The Bertz CT molecular complexity index is 209. The maximum absolute atomic E-state index is 9.98. The number of aliphatic hydroxyl groups excluding tert-OH is 1. The molecular formula is C11H21NO2. The zero-order valence-corrected chi connectivity index (χ0v) is 8.91. The van der Waals surface area contributed by atoms with Crippen LogP contribution in [0.4, 0.5) is 0 Å². The number of rotatable bonds is 1. The minimum absolute atomic E-state index is 0.0975. The molecule has 0 aromatic carbocycles. The van der Waals surface area contributed by atoms with Gasteiger partial charge in [-0.05, 0) is 26.2 Å². The number of ether oxygens (including phenoxy) is 1. The average Bonchev–Trinajstić information content (AvgIpc) is 2.49. The lowest BCUT2D eigenvalue weighted by Crippen LogP contribution is -2.57. The summed E-state index contributed by atoms with van der Waals surface area (Å²) in [5.74, 6) is 0.244. The molecule has 1 heterocycles. The maximum atomic E-state index is 9.98. The van der Waals surface area contributed by atoms with E-state index >= 15 is 0 Å². The third-order valence-corrected chi connectivity index (χ3v) is 4.08. The van der Waals surface area contributed by atoms with E-state index in [0.717, 1.165) is 32.3 Å². The van der Waals surface area contributed by atoms with Crippen molar-refractivity contribution in [1.29, 1.82) is 0 Å². The summed E-state index contributed by atoms with van der Waals surface area (Å²) in [4.78, 5) is 0. The van der Waals surface area contributed by atoms with Crippen LogP contribution in [0.2, 0.25) is 0 Å². The molecule has 1 aliphatic carbocycles. The number of nitrogens with two attached hydrogens (primary N) is 1. The van der Waals surface area contributed by atoms with Crippen molar-refractivity contribution in [3.05, 3.63) is 0 Å². The third-order valence-electron chi connectivity index (χ3n) is 4.08. The highest BCUT2D eigenvalue weighted by Gasteiger charge is 2.47.